The van der Waals surface area contributed by atoms with E-state index in [-0.39, 0.29) is 17.7 Å². The van der Waals surface area contributed by atoms with Gasteiger partial charge < -0.3 is 4.42 Å². The Kier molecular flexibility index (Phi) is 4.32. The fraction of sp³-hybridized carbons (Fsp3) is 0.250. The van der Waals surface area contributed by atoms with Crippen LogP contribution in [0.1, 0.15) is 30.1 Å². The molecule has 3 nitrogen and oxygen atoms in total. The molecule has 2 heterocycles. The molecule has 0 radical (unpaired) electrons. The van der Waals surface area contributed by atoms with Crippen molar-refractivity contribution in [1.82, 2.24) is 9.88 Å². The summed E-state index contributed by atoms with van der Waals surface area (Å²) in [6, 6.07) is 13.1. The lowest BCUT2D eigenvalue weighted by atomic mass is 10.0. The van der Waals surface area contributed by atoms with Crippen LogP contribution in [0.5, 0.6) is 0 Å². The van der Waals surface area contributed by atoms with Gasteiger partial charge in [-0.1, -0.05) is 12.1 Å². The molecule has 0 spiro atoms. The van der Waals surface area contributed by atoms with Crippen LogP contribution < -0.4 is 0 Å². The fourth-order valence-corrected chi connectivity index (χ4v) is 3.42. The van der Waals surface area contributed by atoms with Gasteiger partial charge in [0, 0.05) is 18.2 Å². The number of rotatable bonds is 4. The number of hydrogen-bond acceptors (Lipinski definition) is 3. The third-order valence-electron chi connectivity index (χ3n) is 4.61. The van der Waals surface area contributed by atoms with Gasteiger partial charge in [-0.25, -0.2) is 13.8 Å². The number of benzene rings is 2. The second-order valence-electron chi connectivity index (χ2n) is 6.33. The number of nitrogens with zero attached hydrogens (tertiary/aromatic N) is 2. The third kappa shape index (κ3) is 3.46. The zero-order chi connectivity index (χ0) is 17.2. The summed E-state index contributed by atoms with van der Waals surface area (Å²) in [5.74, 6) is -0.00795. The SMILES string of the molecule is Fc1ccc(-c2nc(CN3CCCC3c3cccc(F)c3)co2)cc1. The first-order valence-electron chi connectivity index (χ1n) is 8.39. The minimum absolute atomic E-state index is 0.196. The van der Waals surface area contributed by atoms with Crippen LogP contribution in [-0.4, -0.2) is 16.4 Å². The molecule has 1 fully saturated rings. The predicted octanol–water partition coefficient (Wildman–Crippen LogP) is 4.96. The third-order valence-corrected chi connectivity index (χ3v) is 4.61. The molecular formula is C20H18F2N2O. The van der Waals surface area contributed by atoms with Crippen LogP contribution in [0.2, 0.25) is 0 Å². The number of hydrogen-bond donors (Lipinski definition) is 0. The highest BCUT2D eigenvalue weighted by Gasteiger charge is 2.27. The summed E-state index contributed by atoms with van der Waals surface area (Å²) in [7, 11) is 0. The van der Waals surface area contributed by atoms with Gasteiger partial charge >= 0.3 is 0 Å². The molecule has 0 aliphatic carbocycles. The minimum atomic E-state index is -0.287. The highest BCUT2D eigenvalue weighted by Crippen LogP contribution is 2.33. The molecule has 1 unspecified atom stereocenters. The van der Waals surface area contributed by atoms with E-state index in [9.17, 15) is 8.78 Å². The molecule has 25 heavy (non-hydrogen) atoms. The van der Waals surface area contributed by atoms with E-state index in [0.717, 1.165) is 36.2 Å². The number of aromatic nitrogens is 1. The molecule has 2 aromatic carbocycles. The van der Waals surface area contributed by atoms with Gasteiger partial charge in [-0.15, -0.1) is 0 Å². The first-order chi connectivity index (χ1) is 12.2. The van der Waals surface area contributed by atoms with Crippen LogP contribution >= 0.6 is 0 Å². The minimum Gasteiger partial charge on any atom is -0.444 e. The lowest BCUT2D eigenvalue weighted by Crippen LogP contribution is -2.23. The van der Waals surface area contributed by atoms with Gasteiger partial charge in [0.2, 0.25) is 5.89 Å². The van der Waals surface area contributed by atoms with Crippen molar-refractivity contribution in [3.8, 4) is 11.5 Å². The number of oxazole rings is 1. The fourth-order valence-electron chi connectivity index (χ4n) is 3.42. The van der Waals surface area contributed by atoms with E-state index < -0.39 is 0 Å². The molecule has 4 rings (SSSR count). The molecule has 1 saturated heterocycles. The Balaban J connectivity index is 1.51. The zero-order valence-corrected chi connectivity index (χ0v) is 13.7. The van der Waals surface area contributed by atoms with E-state index in [1.165, 1.54) is 18.2 Å². The summed E-state index contributed by atoms with van der Waals surface area (Å²) in [6.45, 7) is 1.59. The summed E-state index contributed by atoms with van der Waals surface area (Å²) >= 11 is 0. The molecule has 0 amide bonds. The summed E-state index contributed by atoms with van der Waals surface area (Å²) in [5, 5.41) is 0. The molecular weight excluding hydrogens is 322 g/mol. The normalized spacial score (nSPS) is 17.9. The quantitative estimate of drug-likeness (QED) is 0.672. The van der Waals surface area contributed by atoms with E-state index in [2.05, 4.69) is 9.88 Å². The summed E-state index contributed by atoms with van der Waals surface area (Å²) in [5.41, 5.74) is 2.57. The summed E-state index contributed by atoms with van der Waals surface area (Å²) < 4.78 is 32.1. The first-order valence-corrected chi connectivity index (χ1v) is 8.39. The van der Waals surface area contributed by atoms with E-state index in [4.69, 9.17) is 4.42 Å². The zero-order valence-electron chi connectivity index (χ0n) is 13.7. The second-order valence-corrected chi connectivity index (χ2v) is 6.33. The molecule has 128 valence electrons. The van der Waals surface area contributed by atoms with Crippen molar-refractivity contribution in [2.75, 3.05) is 6.54 Å². The Morgan fingerprint density at radius 2 is 1.92 bits per heavy atom. The second kappa shape index (κ2) is 6.76. The van der Waals surface area contributed by atoms with Gasteiger partial charge in [-0.2, -0.15) is 0 Å². The predicted molar refractivity (Wildman–Crippen MR) is 90.7 cm³/mol. The van der Waals surface area contributed by atoms with Crippen LogP contribution in [0.3, 0.4) is 0 Å². The molecule has 1 aliphatic rings. The van der Waals surface area contributed by atoms with Crippen molar-refractivity contribution in [1.29, 1.82) is 0 Å². The Morgan fingerprint density at radius 1 is 1.08 bits per heavy atom. The molecule has 0 saturated carbocycles. The Hall–Kier alpha value is -2.53. The number of halogens is 2. The van der Waals surface area contributed by atoms with Gasteiger partial charge in [0.25, 0.3) is 0 Å². The lowest BCUT2D eigenvalue weighted by Gasteiger charge is -2.23. The average Bonchev–Trinajstić information content (AvgIpc) is 3.26. The largest absolute Gasteiger partial charge is 0.444 e. The van der Waals surface area contributed by atoms with Crippen molar-refractivity contribution >= 4 is 0 Å². The van der Waals surface area contributed by atoms with Crippen LogP contribution in [0.4, 0.5) is 8.78 Å². The highest BCUT2D eigenvalue weighted by molar-refractivity contribution is 5.52. The lowest BCUT2D eigenvalue weighted by molar-refractivity contribution is 0.245. The van der Waals surface area contributed by atoms with Gasteiger partial charge in [-0.3, -0.25) is 4.90 Å². The standard InChI is InChI=1S/C20H18F2N2O/c21-16-8-6-14(7-9-16)20-23-18(13-25-20)12-24-10-2-5-19(24)15-3-1-4-17(22)11-15/h1,3-4,6-9,11,13,19H,2,5,10,12H2. The van der Waals surface area contributed by atoms with Crippen LogP contribution in [0.25, 0.3) is 11.5 Å². The van der Waals surface area contributed by atoms with Crippen molar-refractivity contribution in [2.24, 2.45) is 0 Å². The number of likely N-dealkylation sites (tertiary alicyclic amines) is 1. The van der Waals surface area contributed by atoms with Gasteiger partial charge in [0.1, 0.15) is 17.9 Å². The van der Waals surface area contributed by atoms with Crippen molar-refractivity contribution in [3.05, 3.63) is 77.7 Å². The van der Waals surface area contributed by atoms with Gasteiger partial charge in [-0.05, 0) is 61.3 Å². The van der Waals surface area contributed by atoms with E-state index >= 15 is 0 Å². The Labute approximate surface area is 144 Å². The smallest absolute Gasteiger partial charge is 0.226 e. The Morgan fingerprint density at radius 3 is 2.72 bits per heavy atom. The molecule has 1 aliphatic heterocycles. The van der Waals surface area contributed by atoms with Crippen LogP contribution in [0, 0.1) is 11.6 Å². The summed E-state index contributed by atoms with van der Waals surface area (Å²) in [6.07, 6.45) is 3.72. The van der Waals surface area contributed by atoms with Crippen LogP contribution in [-0.2, 0) is 6.54 Å². The molecule has 3 aromatic rings. The maximum atomic E-state index is 13.5. The molecule has 1 aromatic heterocycles. The van der Waals surface area contributed by atoms with E-state index in [0.29, 0.717) is 12.4 Å². The molecule has 0 N–H and O–H groups in total. The van der Waals surface area contributed by atoms with Crippen molar-refractivity contribution in [2.45, 2.75) is 25.4 Å². The van der Waals surface area contributed by atoms with E-state index in [1.807, 2.05) is 6.07 Å². The molecule has 5 heteroatoms. The van der Waals surface area contributed by atoms with Crippen LogP contribution in [0.15, 0.2) is 59.2 Å². The first kappa shape index (κ1) is 16.0. The highest BCUT2D eigenvalue weighted by atomic mass is 19.1. The van der Waals surface area contributed by atoms with Crippen molar-refractivity contribution < 1.29 is 13.2 Å². The van der Waals surface area contributed by atoms with Gasteiger partial charge in [0.15, 0.2) is 0 Å². The maximum Gasteiger partial charge on any atom is 0.226 e. The average molecular weight is 340 g/mol. The van der Waals surface area contributed by atoms with Gasteiger partial charge in [0.05, 0.1) is 5.69 Å². The topological polar surface area (TPSA) is 29.3 Å². The molecule has 1 atom stereocenters. The molecule has 0 bridgehead atoms. The van der Waals surface area contributed by atoms with E-state index in [1.54, 1.807) is 30.5 Å². The Bertz CT molecular complexity index is 860. The summed E-state index contributed by atoms with van der Waals surface area (Å²) in [4.78, 5) is 6.81. The maximum absolute atomic E-state index is 13.5. The van der Waals surface area contributed by atoms with Crippen molar-refractivity contribution in [3.63, 3.8) is 0 Å². The monoisotopic (exact) mass is 340 g/mol.